The number of rotatable bonds is 0. The van der Waals surface area contributed by atoms with Crippen molar-refractivity contribution in [3.8, 4) is 6.01 Å². The van der Waals surface area contributed by atoms with E-state index in [0.29, 0.717) is 34.4 Å². The van der Waals surface area contributed by atoms with Crippen LogP contribution in [-0.4, -0.2) is 21.6 Å². The molecule has 0 fully saturated rings. The van der Waals surface area contributed by atoms with Gasteiger partial charge in [0.2, 0.25) is 0 Å². The van der Waals surface area contributed by atoms with Gasteiger partial charge in [0.1, 0.15) is 16.5 Å². The second kappa shape index (κ2) is 7.33. The van der Waals surface area contributed by atoms with Gasteiger partial charge >= 0.3 is 12.2 Å². The molecule has 0 saturated heterocycles. The zero-order valence-corrected chi connectivity index (χ0v) is 16.5. The van der Waals surface area contributed by atoms with Crippen LogP contribution in [0.5, 0.6) is 6.01 Å². The molecule has 1 aliphatic rings. The number of ether oxygens (including phenoxy) is 1. The monoisotopic (exact) mass is 422 g/mol. The molecule has 2 bridgehead atoms. The van der Waals surface area contributed by atoms with E-state index in [2.05, 4.69) is 20.3 Å². The van der Waals surface area contributed by atoms with Crippen LogP contribution in [0.1, 0.15) is 41.8 Å². The van der Waals surface area contributed by atoms with E-state index in [1.807, 2.05) is 0 Å². The minimum Gasteiger partial charge on any atom is -0.463 e. The number of nitrogens with one attached hydrogen (secondary N) is 1. The molecule has 1 aromatic carbocycles. The fourth-order valence-electron chi connectivity index (χ4n) is 3.65. The van der Waals surface area contributed by atoms with Crippen LogP contribution in [0.2, 0.25) is 5.15 Å². The fourth-order valence-corrected chi connectivity index (χ4v) is 3.89. The molecule has 0 amide bonds. The minimum absolute atomic E-state index is 0.154. The Labute approximate surface area is 170 Å². The summed E-state index contributed by atoms with van der Waals surface area (Å²) in [6, 6.07) is 5.63. The van der Waals surface area contributed by atoms with Crippen molar-refractivity contribution in [2.75, 3.05) is 11.9 Å². The molecule has 0 spiro atoms. The first-order chi connectivity index (χ1) is 13.7. The molecular weight excluding hydrogens is 405 g/mol. The van der Waals surface area contributed by atoms with E-state index < -0.39 is 17.8 Å². The molecule has 1 aliphatic heterocycles. The third-order valence-corrected chi connectivity index (χ3v) is 5.14. The summed E-state index contributed by atoms with van der Waals surface area (Å²) in [6.07, 6.45) is -3.78. The van der Waals surface area contributed by atoms with Crippen LogP contribution in [0.25, 0.3) is 10.9 Å². The van der Waals surface area contributed by atoms with Crippen LogP contribution in [0.15, 0.2) is 24.3 Å². The molecule has 2 aromatic heterocycles. The summed E-state index contributed by atoms with van der Waals surface area (Å²) < 4.78 is 46.4. The molecule has 5 nitrogen and oxygen atoms in total. The Balaban J connectivity index is 1.88. The van der Waals surface area contributed by atoms with E-state index in [1.165, 1.54) is 6.07 Å². The molecule has 3 aromatic rings. The maximum absolute atomic E-state index is 13.6. The first-order valence-electron chi connectivity index (χ1n) is 9.17. The fraction of sp³-hybridized carbons (Fsp3) is 0.350. The topological polar surface area (TPSA) is 59.9 Å². The summed E-state index contributed by atoms with van der Waals surface area (Å²) in [5, 5.41) is 4.14. The molecular formula is C20H18ClF3N4O. The van der Waals surface area contributed by atoms with E-state index in [9.17, 15) is 13.2 Å². The molecule has 0 saturated carbocycles. The van der Waals surface area contributed by atoms with Gasteiger partial charge < -0.3 is 10.1 Å². The number of alkyl halides is 3. The van der Waals surface area contributed by atoms with Crippen molar-refractivity contribution in [2.45, 2.75) is 38.9 Å². The number of pyridine rings is 1. The van der Waals surface area contributed by atoms with Crippen LogP contribution < -0.4 is 10.1 Å². The molecule has 152 valence electrons. The number of benzene rings is 1. The van der Waals surface area contributed by atoms with Crippen molar-refractivity contribution in [1.82, 2.24) is 15.0 Å². The van der Waals surface area contributed by atoms with Crippen LogP contribution in [-0.2, 0) is 12.6 Å². The number of hydrogen-bond donors (Lipinski definition) is 1. The predicted octanol–water partition coefficient (Wildman–Crippen LogP) is 5.50. The van der Waals surface area contributed by atoms with Crippen molar-refractivity contribution >= 4 is 28.3 Å². The number of hydrogen-bond acceptors (Lipinski definition) is 5. The second-order valence-electron chi connectivity index (χ2n) is 6.97. The number of aromatic nitrogens is 3. The smallest absolute Gasteiger partial charge is 0.416 e. The van der Waals surface area contributed by atoms with Gasteiger partial charge in [-0.2, -0.15) is 23.1 Å². The van der Waals surface area contributed by atoms with Gasteiger partial charge in [0.05, 0.1) is 23.9 Å². The third-order valence-electron chi connectivity index (χ3n) is 4.95. The average Bonchev–Trinajstić information content (AvgIpc) is 2.66. The Morgan fingerprint density at radius 2 is 2.00 bits per heavy atom. The molecule has 9 heteroatoms. The highest BCUT2D eigenvalue weighted by Gasteiger charge is 2.34. The lowest BCUT2D eigenvalue weighted by Gasteiger charge is -2.22. The Kier molecular flexibility index (Phi) is 4.98. The van der Waals surface area contributed by atoms with Gasteiger partial charge in [-0.1, -0.05) is 23.7 Å². The van der Waals surface area contributed by atoms with Gasteiger partial charge in [0.15, 0.2) is 0 Å². The Bertz CT molecular complexity index is 1090. The van der Waals surface area contributed by atoms with Crippen LogP contribution in [0, 0.1) is 6.92 Å². The quantitative estimate of drug-likeness (QED) is 0.484. The zero-order valence-electron chi connectivity index (χ0n) is 15.8. The van der Waals surface area contributed by atoms with Crippen molar-refractivity contribution in [1.29, 1.82) is 0 Å². The first kappa shape index (κ1) is 19.7. The number of aryl methyl sites for hydroxylation is 1. The third kappa shape index (κ3) is 3.81. The Morgan fingerprint density at radius 1 is 1.21 bits per heavy atom. The molecule has 0 radical (unpaired) electrons. The Morgan fingerprint density at radius 3 is 2.76 bits per heavy atom. The van der Waals surface area contributed by atoms with Crippen LogP contribution in [0.3, 0.4) is 0 Å². The van der Waals surface area contributed by atoms with Crippen LogP contribution >= 0.6 is 11.6 Å². The highest BCUT2D eigenvalue weighted by atomic mass is 35.5. The summed E-state index contributed by atoms with van der Waals surface area (Å²) in [4.78, 5) is 13.1. The van der Waals surface area contributed by atoms with E-state index >= 15 is 0 Å². The molecule has 1 N–H and O–H groups in total. The maximum Gasteiger partial charge on any atom is 0.416 e. The highest BCUT2D eigenvalue weighted by molar-refractivity contribution is 6.30. The van der Waals surface area contributed by atoms with E-state index in [0.717, 1.165) is 6.07 Å². The average molecular weight is 423 g/mol. The number of fused-ring (bicyclic) bond motifs is 5. The summed E-state index contributed by atoms with van der Waals surface area (Å²) in [5.74, 6) is 0.440. The molecule has 0 unspecified atom stereocenters. The molecule has 1 atom stereocenters. The van der Waals surface area contributed by atoms with E-state index in [-0.39, 0.29) is 29.8 Å². The maximum atomic E-state index is 13.6. The summed E-state index contributed by atoms with van der Waals surface area (Å²) >= 11 is 6.11. The number of anilines is 1. The largest absolute Gasteiger partial charge is 0.463 e. The SMILES string of the molecule is Cc1nc(Cl)cc2c3nc(nc12)OCCCc1c(cccc1C(F)(F)F)[C@@H](C)N3. The lowest BCUT2D eigenvalue weighted by Crippen LogP contribution is -2.16. The van der Waals surface area contributed by atoms with Gasteiger partial charge in [-0.25, -0.2) is 4.98 Å². The standard InChI is InChI=1S/C20H18ClF3N4O/c1-10-12-5-3-7-15(20(22,23)24)13(12)6-4-8-29-19-27-17-11(2)25-16(21)9-14(17)18(26-10)28-19/h3,5,7,9-10H,4,6,8H2,1-2H3,(H,26,27,28)/t10-/m1/s1. The molecule has 3 heterocycles. The summed E-state index contributed by atoms with van der Waals surface area (Å²) in [7, 11) is 0. The van der Waals surface area contributed by atoms with Gasteiger partial charge in [0, 0.05) is 5.39 Å². The zero-order chi connectivity index (χ0) is 20.8. The highest BCUT2D eigenvalue weighted by Crippen LogP contribution is 2.37. The van der Waals surface area contributed by atoms with E-state index in [1.54, 1.807) is 26.0 Å². The van der Waals surface area contributed by atoms with Crippen molar-refractivity contribution in [3.63, 3.8) is 0 Å². The summed E-state index contributed by atoms with van der Waals surface area (Å²) in [6.45, 7) is 3.78. The second-order valence-corrected chi connectivity index (χ2v) is 7.36. The Hall–Kier alpha value is -2.61. The van der Waals surface area contributed by atoms with Gasteiger partial charge in [-0.05, 0) is 49.9 Å². The number of halogens is 4. The molecule has 0 aliphatic carbocycles. The van der Waals surface area contributed by atoms with Crippen molar-refractivity contribution < 1.29 is 17.9 Å². The van der Waals surface area contributed by atoms with Crippen molar-refractivity contribution in [3.05, 3.63) is 51.8 Å². The first-order valence-corrected chi connectivity index (χ1v) is 9.55. The van der Waals surface area contributed by atoms with Gasteiger partial charge in [-0.3, -0.25) is 0 Å². The van der Waals surface area contributed by atoms with E-state index in [4.69, 9.17) is 16.3 Å². The summed E-state index contributed by atoms with van der Waals surface area (Å²) in [5.41, 5.74) is 1.43. The van der Waals surface area contributed by atoms with Crippen LogP contribution in [0.4, 0.5) is 19.0 Å². The lowest BCUT2D eigenvalue weighted by molar-refractivity contribution is -0.138. The van der Waals surface area contributed by atoms with Gasteiger partial charge in [0.25, 0.3) is 0 Å². The van der Waals surface area contributed by atoms with Crippen molar-refractivity contribution in [2.24, 2.45) is 0 Å². The molecule has 4 rings (SSSR count). The normalized spacial score (nSPS) is 17.1. The predicted molar refractivity (Wildman–Crippen MR) is 104 cm³/mol. The molecule has 29 heavy (non-hydrogen) atoms. The number of nitrogens with zero attached hydrogens (tertiary/aromatic N) is 3. The minimum atomic E-state index is -4.42. The lowest BCUT2D eigenvalue weighted by atomic mass is 9.92. The van der Waals surface area contributed by atoms with Gasteiger partial charge in [-0.15, -0.1) is 0 Å².